The smallest absolute Gasteiger partial charge is 0.175 e. The molecule has 4 nitrogen and oxygen atoms in total. The molecule has 2 N–H and O–H groups in total. The molecule has 17 heavy (non-hydrogen) atoms. The van der Waals surface area contributed by atoms with E-state index >= 15 is 0 Å². The largest absolute Gasteiger partial charge is 0.390 e. The highest BCUT2D eigenvalue weighted by atomic mass is 79.9. The lowest BCUT2D eigenvalue weighted by Gasteiger charge is -2.12. The highest BCUT2D eigenvalue weighted by molar-refractivity contribution is 9.10. The van der Waals surface area contributed by atoms with Crippen LogP contribution in [0, 0.1) is 0 Å². The van der Waals surface area contributed by atoms with Gasteiger partial charge in [0.05, 0.1) is 16.9 Å². The molecule has 1 aromatic rings. The Morgan fingerprint density at radius 1 is 1.53 bits per heavy atom. The van der Waals surface area contributed by atoms with Crippen molar-refractivity contribution in [2.45, 2.75) is 11.0 Å². The van der Waals surface area contributed by atoms with Crippen LogP contribution in [0.2, 0.25) is 0 Å². The fourth-order valence-corrected chi connectivity index (χ4v) is 2.58. The van der Waals surface area contributed by atoms with E-state index in [-0.39, 0.29) is 10.8 Å². The van der Waals surface area contributed by atoms with Crippen LogP contribution in [-0.2, 0) is 9.84 Å². The minimum Gasteiger partial charge on any atom is -0.390 e. The van der Waals surface area contributed by atoms with Crippen LogP contribution in [0.4, 0.5) is 5.69 Å². The van der Waals surface area contributed by atoms with Gasteiger partial charge in [0, 0.05) is 23.0 Å². The van der Waals surface area contributed by atoms with Crippen molar-refractivity contribution >= 4 is 43.1 Å². The second-order valence-corrected chi connectivity index (χ2v) is 6.78. The molecule has 0 spiro atoms. The van der Waals surface area contributed by atoms with Crippen molar-refractivity contribution in [1.82, 2.24) is 0 Å². The van der Waals surface area contributed by atoms with Crippen molar-refractivity contribution < 1.29 is 13.5 Å². The van der Waals surface area contributed by atoms with Crippen LogP contribution in [0.3, 0.4) is 0 Å². The number of alkyl halides is 1. The molecule has 1 unspecified atom stereocenters. The number of anilines is 1. The van der Waals surface area contributed by atoms with E-state index in [1.807, 2.05) is 0 Å². The maximum absolute atomic E-state index is 11.3. The van der Waals surface area contributed by atoms with Crippen LogP contribution in [-0.4, -0.2) is 38.3 Å². The van der Waals surface area contributed by atoms with Crippen LogP contribution in [0.1, 0.15) is 0 Å². The number of benzene rings is 1. The third kappa shape index (κ3) is 4.46. The number of aliphatic hydroxyl groups is 1. The number of nitrogens with one attached hydrogen (secondary N) is 1. The van der Waals surface area contributed by atoms with E-state index in [9.17, 15) is 13.5 Å². The zero-order chi connectivity index (χ0) is 13.1. The highest BCUT2D eigenvalue weighted by Crippen LogP contribution is 2.25. The van der Waals surface area contributed by atoms with Gasteiger partial charge < -0.3 is 10.4 Å². The summed E-state index contributed by atoms with van der Waals surface area (Å²) in [5, 5.41) is 12.3. The quantitative estimate of drug-likeness (QED) is 0.802. The van der Waals surface area contributed by atoms with E-state index in [2.05, 4.69) is 21.2 Å². The number of aliphatic hydroxyl groups excluding tert-OH is 1. The van der Waals surface area contributed by atoms with Crippen molar-refractivity contribution in [3.8, 4) is 0 Å². The Labute approximate surface area is 114 Å². The molecule has 0 saturated carbocycles. The molecule has 0 aliphatic heterocycles. The Bertz CT molecular complexity index is 492. The molecule has 0 bridgehead atoms. The Morgan fingerprint density at radius 2 is 2.18 bits per heavy atom. The molecule has 0 amide bonds. The SMILES string of the molecule is CS(=O)(=O)c1ccc(NCC(O)CCl)c(Br)c1. The molecule has 0 fully saturated rings. The average Bonchev–Trinajstić information content (AvgIpc) is 2.25. The van der Waals surface area contributed by atoms with Crippen LogP contribution in [0.25, 0.3) is 0 Å². The molecule has 0 radical (unpaired) electrons. The van der Waals surface area contributed by atoms with Gasteiger partial charge in [-0.15, -0.1) is 11.6 Å². The van der Waals surface area contributed by atoms with E-state index in [0.717, 1.165) is 6.26 Å². The zero-order valence-corrected chi connectivity index (χ0v) is 12.3. The summed E-state index contributed by atoms with van der Waals surface area (Å²) in [6.07, 6.45) is 0.511. The summed E-state index contributed by atoms with van der Waals surface area (Å²) < 4.78 is 23.2. The lowest BCUT2D eigenvalue weighted by molar-refractivity contribution is 0.211. The topological polar surface area (TPSA) is 66.4 Å². The molecule has 0 heterocycles. The van der Waals surface area contributed by atoms with Gasteiger partial charge in [-0.05, 0) is 34.1 Å². The van der Waals surface area contributed by atoms with Crippen molar-refractivity contribution in [3.63, 3.8) is 0 Å². The van der Waals surface area contributed by atoms with E-state index in [1.54, 1.807) is 6.07 Å². The predicted molar refractivity (Wildman–Crippen MR) is 72.5 cm³/mol. The lowest BCUT2D eigenvalue weighted by atomic mass is 10.3. The first-order valence-electron chi connectivity index (χ1n) is 4.82. The summed E-state index contributed by atoms with van der Waals surface area (Å²) >= 11 is 8.73. The molecule has 1 atom stereocenters. The second-order valence-electron chi connectivity index (χ2n) is 3.60. The van der Waals surface area contributed by atoms with E-state index in [1.165, 1.54) is 12.1 Å². The normalized spacial score (nSPS) is 13.4. The summed E-state index contributed by atoms with van der Waals surface area (Å²) in [5.41, 5.74) is 0.710. The third-order valence-corrected chi connectivity index (χ3v) is 4.20. The van der Waals surface area contributed by atoms with Gasteiger partial charge in [-0.1, -0.05) is 0 Å². The van der Waals surface area contributed by atoms with Gasteiger partial charge in [0.1, 0.15) is 0 Å². The maximum Gasteiger partial charge on any atom is 0.175 e. The molecular weight excluding hydrogens is 330 g/mol. The van der Waals surface area contributed by atoms with Gasteiger partial charge in [0.25, 0.3) is 0 Å². The molecule has 1 aromatic carbocycles. The zero-order valence-electron chi connectivity index (χ0n) is 9.15. The van der Waals surface area contributed by atoms with Gasteiger partial charge in [0.15, 0.2) is 9.84 Å². The van der Waals surface area contributed by atoms with Crippen molar-refractivity contribution in [2.24, 2.45) is 0 Å². The Kier molecular flexibility index (Phi) is 5.24. The van der Waals surface area contributed by atoms with Gasteiger partial charge >= 0.3 is 0 Å². The van der Waals surface area contributed by atoms with Crippen LogP contribution >= 0.6 is 27.5 Å². The predicted octanol–water partition coefficient (Wildman–Crippen LogP) is 1.86. The summed E-state index contributed by atoms with van der Waals surface area (Å²) in [5.74, 6) is 0.145. The standard InChI is InChI=1S/C10H13BrClNO3S/c1-17(15,16)8-2-3-10(9(11)4-8)13-6-7(14)5-12/h2-4,7,13-14H,5-6H2,1H3. The summed E-state index contributed by atoms with van der Waals surface area (Å²) in [6.45, 7) is 0.306. The number of rotatable bonds is 5. The first-order chi connectivity index (χ1) is 7.84. The number of halogens is 2. The van der Waals surface area contributed by atoms with Gasteiger partial charge in [-0.2, -0.15) is 0 Å². The molecule has 0 aliphatic rings. The lowest BCUT2D eigenvalue weighted by Crippen LogP contribution is -2.20. The Balaban J connectivity index is 2.84. The van der Waals surface area contributed by atoms with Crippen LogP contribution in [0.15, 0.2) is 27.6 Å². The summed E-state index contributed by atoms with van der Waals surface area (Å²) in [4.78, 5) is 0.243. The van der Waals surface area contributed by atoms with E-state index in [4.69, 9.17) is 11.6 Å². The molecule has 0 saturated heterocycles. The van der Waals surface area contributed by atoms with Gasteiger partial charge in [-0.25, -0.2) is 8.42 Å². The molecule has 7 heteroatoms. The average molecular weight is 343 g/mol. The first kappa shape index (κ1) is 14.8. The molecule has 1 rings (SSSR count). The Hall–Kier alpha value is -0.300. The van der Waals surface area contributed by atoms with Gasteiger partial charge in [-0.3, -0.25) is 0 Å². The van der Waals surface area contributed by atoms with Crippen molar-refractivity contribution in [2.75, 3.05) is 24.0 Å². The van der Waals surface area contributed by atoms with E-state index in [0.29, 0.717) is 16.7 Å². The fourth-order valence-electron chi connectivity index (χ4n) is 1.15. The van der Waals surface area contributed by atoms with Crippen molar-refractivity contribution in [1.29, 1.82) is 0 Å². The maximum atomic E-state index is 11.3. The minimum absolute atomic E-state index is 0.145. The summed E-state index contributed by atoms with van der Waals surface area (Å²) in [6, 6.07) is 4.67. The number of hydrogen-bond acceptors (Lipinski definition) is 4. The molecular formula is C10H13BrClNO3S. The van der Waals surface area contributed by atoms with Crippen molar-refractivity contribution in [3.05, 3.63) is 22.7 Å². The number of sulfone groups is 1. The Morgan fingerprint density at radius 3 is 2.65 bits per heavy atom. The number of hydrogen-bond donors (Lipinski definition) is 2. The minimum atomic E-state index is -3.21. The van der Waals surface area contributed by atoms with Gasteiger partial charge in [0.2, 0.25) is 0 Å². The third-order valence-electron chi connectivity index (χ3n) is 2.07. The fraction of sp³-hybridized carbons (Fsp3) is 0.400. The highest BCUT2D eigenvalue weighted by Gasteiger charge is 2.10. The summed E-state index contributed by atoms with van der Waals surface area (Å²) in [7, 11) is -3.21. The van der Waals surface area contributed by atoms with Crippen LogP contribution in [0.5, 0.6) is 0 Å². The molecule has 96 valence electrons. The molecule has 0 aromatic heterocycles. The molecule has 0 aliphatic carbocycles. The monoisotopic (exact) mass is 341 g/mol. The second kappa shape index (κ2) is 6.04. The van der Waals surface area contributed by atoms with Crippen LogP contribution < -0.4 is 5.32 Å². The first-order valence-corrected chi connectivity index (χ1v) is 8.04. The van der Waals surface area contributed by atoms with E-state index < -0.39 is 15.9 Å².